The minimum Gasteiger partial charge on any atom is -0.450 e. The monoisotopic (exact) mass is 515 g/mol. The number of rotatable bonds is 8. The van der Waals surface area contributed by atoms with Gasteiger partial charge >= 0.3 is 6.09 Å². The van der Waals surface area contributed by atoms with Crippen LogP contribution < -0.4 is 10.6 Å². The Morgan fingerprint density at radius 3 is 2.79 bits per heavy atom. The van der Waals surface area contributed by atoms with Gasteiger partial charge in [-0.1, -0.05) is 6.07 Å². The molecule has 0 aliphatic carbocycles. The lowest BCUT2D eigenvalue weighted by Gasteiger charge is -2.26. The number of hydrogen-bond acceptors (Lipinski definition) is 8. The van der Waals surface area contributed by atoms with E-state index in [-0.39, 0.29) is 18.5 Å². The van der Waals surface area contributed by atoms with Gasteiger partial charge in [0.1, 0.15) is 0 Å². The first-order chi connectivity index (χ1) is 18.6. The van der Waals surface area contributed by atoms with Gasteiger partial charge in [0.25, 0.3) is 5.91 Å². The summed E-state index contributed by atoms with van der Waals surface area (Å²) in [6.45, 7) is 6.49. The molecular formula is C27H29N7O4. The molecule has 1 aromatic carbocycles. The minimum atomic E-state index is -0.595. The smallest absolute Gasteiger partial charge is 0.413 e. The van der Waals surface area contributed by atoms with E-state index < -0.39 is 6.09 Å². The quantitative estimate of drug-likeness (QED) is 0.325. The van der Waals surface area contributed by atoms with Crippen LogP contribution in [0.1, 0.15) is 17.3 Å². The topological polar surface area (TPSA) is 134 Å². The molecule has 4 heterocycles. The molecule has 3 aromatic heterocycles. The molecule has 1 aliphatic rings. The van der Waals surface area contributed by atoms with Crippen LogP contribution in [-0.2, 0) is 9.47 Å². The van der Waals surface area contributed by atoms with Gasteiger partial charge in [-0.3, -0.25) is 25.0 Å². The predicted molar refractivity (Wildman–Crippen MR) is 143 cm³/mol. The van der Waals surface area contributed by atoms with Crippen molar-refractivity contribution in [2.24, 2.45) is 0 Å². The number of nitrogens with one attached hydrogen (secondary N) is 3. The molecule has 0 saturated carbocycles. The van der Waals surface area contributed by atoms with E-state index in [1.54, 1.807) is 25.5 Å². The van der Waals surface area contributed by atoms with E-state index in [4.69, 9.17) is 9.47 Å². The molecule has 11 nitrogen and oxygen atoms in total. The highest BCUT2D eigenvalue weighted by Gasteiger charge is 2.16. The number of carbonyl (C=O) groups is 2. The number of H-pyrrole nitrogens is 1. The normalized spacial score (nSPS) is 13.8. The van der Waals surface area contributed by atoms with Crippen LogP contribution >= 0.6 is 0 Å². The molecule has 1 fully saturated rings. The first-order valence-electron chi connectivity index (χ1n) is 12.5. The number of amides is 2. The highest BCUT2D eigenvalue weighted by Crippen LogP contribution is 2.33. The van der Waals surface area contributed by atoms with Crippen molar-refractivity contribution in [2.45, 2.75) is 6.92 Å². The van der Waals surface area contributed by atoms with Crippen LogP contribution in [0.3, 0.4) is 0 Å². The van der Waals surface area contributed by atoms with E-state index in [1.807, 2.05) is 36.4 Å². The molecule has 0 unspecified atom stereocenters. The van der Waals surface area contributed by atoms with E-state index >= 15 is 0 Å². The SMILES string of the molecule is CCOC(=O)Nc1nc2c(-c3ccccn3)cc(-c3cncc(C(=O)NCCN4CCOCC4)c3)cc2[nH]1. The maximum absolute atomic E-state index is 12.9. The Balaban J connectivity index is 1.42. The molecule has 0 bridgehead atoms. The number of pyridine rings is 2. The lowest BCUT2D eigenvalue weighted by molar-refractivity contribution is 0.0383. The molecule has 1 aliphatic heterocycles. The number of hydrogen-bond donors (Lipinski definition) is 3. The van der Waals surface area contributed by atoms with Gasteiger partial charge in [-0.2, -0.15) is 0 Å². The van der Waals surface area contributed by atoms with Crippen LogP contribution in [0.4, 0.5) is 10.7 Å². The van der Waals surface area contributed by atoms with Gasteiger partial charge in [-0.05, 0) is 42.8 Å². The molecule has 38 heavy (non-hydrogen) atoms. The number of ether oxygens (including phenoxy) is 2. The fourth-order valence-electron chi connectivity index (χ4n) is 4.30. The average molecular weight is 516 g/mol. The van der Waals surface area contributed by atoms with Crippen LogP contribution in [0, 0.1) is 0 Å². The molecule has 0 spiro atoms. The Morgan fingerprint density at radius 1 is 1.13 bits per heavy atom. The molecule has 0 atom stereocenters. The van der Waals surface area contributed by atoms with Gasteiger partial charge in [0.05, 0.1) is 42.1 Å². The highest BCUT2D eigenvalue weighted by atomic mass is 16.5. The molecule has 2 amide bonds. The van der Waals surface area contributed by atoms with E-state index in [1.165, 1.54) is 0 Å². The van der Waals surface area contributed by atoms with Crippen LogP contribution in [0.15, 0.2) is 55.0 Å². The maximum atomic E-state index is 12.9. The molecule has 3 N–H and O–H groups in total. The third-order valence-corrected chi connectivity index (χ3v) is 6.17. The zero-order valence-corrected chi connectivity index (χ0v) is 21.1. The largest absolute Gasteiger partial charge is 0.450 e. The number of aromatic nitrogens is 4. The minimum absolute atomic E-state index is 0.180. The summed E-state index contributed by atoms with van der Waals surface area (Å²) >= 11 is 0. The third kappa shape index (κ3) is 5.96. The van der Waals surface area contributed by atoms with Crippen molar-refractivity contribution < 1.29 is 19.1 Å². The summed E-state index contributed by atoms with van der Waals surface area (Å²) in [5.74, 6) is 0.0837. The summed E-state index contributed by atoms with van der Waals surface area (Å²) in [6, 6.07) is 11.3. The van der Waals surface area contributed by atoms with Crippen molar-refractivity contribution >= 4 is 29.0 Å². The number of nitrogens with zero attached hydrogens (tertiary/aromatic N) is 4. The molecule has 0 radical (unpaired) electrons. The summed E-state index contributed by atoms with van der Waals surface area (Å²) in [5.41, 5.74) is 4.88. The predicted octanol–water partition coefficient (Wildman–Crippen LogP) is 3.32. The molecular weight excluding hydrogens is 486 g/mol. The van der Waals surface area contributed by atoms with Crippen LogP contribution in [-0.4, -0.2) is 82.8 Å². The molecule has 11 heteroatoms. The average Bonchev–Trinajstić information content (AvgIpc) is 3.36. The lowest BCUT2D eigenvalue weighted by Crippen LogP contribution is -2.41. The molecule has 1 saturated heterocycles. The Morgan fingerprint density at radius 2 is 2.00 bits per heavy atom. The van der Waals surface area contributed by atoms with Gasteiger partial charge in [0.15, 0.2) is 0 Å². The van der Waals surface area contributed by atoms with Crippen LogP contribution in [0.2, 0.25) is 0 Å². The van der Waals surface area contributed by atoms with Crippen molar-refractivity contribution in [3.05, 3.63) is 60.6 Å². The van der Waals surface area contributed by atoms with Crippen molar-refractivity contribution in [1.82, 2.24) is 30.2 Å². The third-order valence-electron chi connectivity index (χ3n) is 6.17. The Bertz CT molecular complexity index is 1420. The van der Waals surface area contributed by atoms with Gasteiger partial charge in [0, 0.05) is 55.9 Å². The first kappa shape index (κ1) is 25.3. The van der Waals surface area contributed by atoms with E-state index in [0.717, 1.165) is 55.2 Å². The number of carbonyl (C=O) groups excluding carboxylic acids is 2. The fraction of sp³-hybridized carbons (Fsp3) is 0.296. The second-order valence-electron chi connectivity index (χ2n) is 8.74. The van der Waals surface area contributed by atoms with E-state index in [0.29, 0.717) is 23.1 Å². The summed E-state index contributed by atoms with van der Waals surface area (Å²) in [4.78, 5) is 43.6. The standard InChI is InChI=1S/C27H29N7O4/c1-2-38-27(36)33-26-31-23-15-18(14-21(24(23)32-26)22-5-3-4-6-29-22)19-13-20(17-28-16-19)25(35)30-7-8-34-9-11-37-12-10-34/h3-6,13-17H,2,7-12H2,1H3,(H,30,35)(H2,31,32,33,36). The van der Waals surface area contributed by atoms with Crippen LogP contribution in [0.5, 0.6) is 0 Å². The van der Waals surface area contributed by atoms with E-state index in [2.05, 4.69) is 35.5 Å². The van der Waals surface area contributed by atoms with Gasteiger partial charge in [-0.25, -0.2) is 9.78 Å². The lowest BCUT2D eigenvalue weighted by atomic mass is 10.00. The molecule has 4 aromatic rings. The maximum Gasteiger partial charge on any atom is 0.413 e. The highest BCUT2D eigenvalue weighted by molar-refractivity contribution is 5.99. The number of anilines is 1. The van der Waals surface area contributed by atoms with Crippen molar-refractivity contribution in [3.8, 4) is 22.4 Å². The summed E-state index contributed by atoms with van der Waals surface area (Å²) in [6.07, 6.45) is 4.38. The summed E-state index contributed by atoms with van der Waals surface area (Å²) in [5, 5.41) is 5.60. The fourth-order valence-corrected chi connectivity index (χ4v) is 4.30. The van der Waals surface area contributed by atoms with Gasteiger partial charge < -0.3 is 19.8 Å². The zero-order valence-electron chi connectivity index (χ0n) is 21.1. The number of aromatic amines is 1. The second kappa shape index (κ2) is 11.8. The number of imidazole rings is 1. The summed E-state index contributed by atoms with van der Waals surface area (Å²) < 4.78 is 10.3. The van der Waals surface area contributed by atoms with Gasteiger partial charge in [0.2, 0.25) is 5.95 Å². The number of fused-ring (bicyclic) bond motifs is 1. The second-order valence-corrected chi connectivity index (χ2v) is 8.74. The number of benzene rings is 1. The Hall–Kier alpha value is -4.35. The van der Waals surface area contributed by atoms with Crippen LogP contribution in [0.25, 0.3) is 33.4 Å². The Labute approximate surface area is 219 Å². The van der Waals surface area contributed by atoms with Gasteiger partial charge in [-0.15, -0.1) is 0 Å². The van der Waals surface area contributed by atoms with Crippen molar-refractivity contribution in [3.63, 3.8) is 0 Å². The zero-order chi connectivity index (χ0) is 26.3. The van der Waals surface area contributed by atoms with Crippen molar-refractivity contribution in [1.29, 1.82) is 0 Å². The molecule has 196 valence electrons. The Kier molecular flexibility index (Phi) is 7.86. The molecule has 5 rings (SSSR count). The van der Waals surface area contributed by atoms with Crippen molar-refractivity contribution in [2.75, 3.05) is 51.3 Å². The summed E-state index contributed by atoms with van der Waals surface area (Å²) in [7, 11) is 0. The number of morpholine rings is 1. The first-order valence-corrected chi connectivity index (χ1v) is 12.5. The van der Waals surface area contributed by atoms with E-state index in [9.17, 15) is 9.59 Å².